The number of pyridine rings is 1. The molecule has 1 atom stereocenters. The number of carbonyl (C=O) groups excluding carboxylic acids is 2. The first-order valence-corrected chi connectivity index (χ1v) is 15.5. The fourth-order valence-corrected chi connectivity index (χ4v) is 7.34. The molecule has 13 heteroatoms. The number of carbonyl (C=O) groups is 2. The highest BCUT2D eigenvalue weighted by molar-refractivity contribution is 9.10. The van der Waals surface area contributed by atoms with E-state index in [9.17, 15) is 14.7 Å². The van der Waals surface area contributed by atoms with E-state index in [0.717, 1.165) is 10.0 Å². The molecule has 41 heavy (non-hydrogen) atoms. The van der Waals surface area contributed by atoms with Crippen LogP contribution in [-0.4, -0.2) is 36.4 Å². The van der Waals surface area contributed by atoms with Crippen molar-refractivity contribution in [1.29, 1.82) is 0 Å². The molecular weight excluding hydrogens is 669 g/mol. The van der Waals surface area contributed by atoms with Crippen LogP contribution in [0.1, 0.15) is 28.6 Å². The summed E-state index contributed by atoms with van der Waals surface area (Å²) in [6.07, 6.45) is 1.75. The Morgan fingerprint density at radius 1 is 1.10 bits per heavy atom. The average Bonchev–Trinajstić information content (AvgIpc) is 3.62. The summed E-state index contributed by atoms with van der Waals surface area (Å²) >= 11 is 18.3. The van der Waals surface area contributed by atoms with Crippen LogP contribution >= 0.6 is 62.2 Å². The summed E-state index contributed by atoms with van der Waals surface area (Å²) in [7, 11) is 0. The zero-order valence-corrected chi connectivity index (χ0v) is 25.8. The van der Waals surface area contributed by atoms with Crippen molar-refractivity contribution in [1.82, 2.24) is 19.6 Å². The number of hydrogen-bond donors (Lipinski definition) is 1. The number of benzene rings is 2. The number of thioether (sulfide) groups is 1. The molecule has 1 amide bonds. The highest BCUT2D eigenvalue weighted by Crippen LogP contribution is 2.44. The quantitative estimate of drug-likeness (QED) is 0.0650. The maximum atomic E-state index is 13.6. The minimum absolute atomic E-state index is 0.0524. The molecule has 0 spiro atoms. The van der Waals surface area contributed by atoms with Crippen molar-refractivity contribution in [3.8, 4) is 0 Å². The van der Waals surface area contributed by atoms with Gasteiger partial charge < -0.3 is 5.11 Å². The zero-order chi connectivity index (χ0) is 28.8. The third-order valence-electron chi connectivity index (χ3n) is 6.53. The first-order valence-electron chi connectivity index (χ1n) is 12.1. The number of amides is 1. The minimum Gasteiger partial charge on any atom is -0.505 e. The van der Waals surface area contributed by atoms with Crippen LogP contribution in [0, 0.1) is 6.92 Å². The van der Waals surface area contributed by atoms with Gasteiger partial charge in [0, 0.05) is 26.5 Å². The number of hydrogen-bond acceptors (Lipinski definition) is 8. The normalized spacial score (nSPS) is 16.7. The van der Waals surface area contributed by atoms with Crippen molar-refractivity contribution >= 4 is 90.5 Å². The van der Waals surface area contributed by atoms with Gasteiger partial charge in [-0.3, -0.25) is 18.9 Å². The summed E-state index contributed by atoms with van der Waals surface area (Å²) in [5.41, 5.74) is 2.91. The zero-order valence-electron chi connectivity index (χ0n) is 21.1. The van der Waals surface area contributed by atoms with E-state index in [-0.39, 0.29) is 16.5 Å². The second-order valence-corrected chi connectivity index (χ2v) is 13.0. The number of halogens is 3. The van der Waals surface area contributed by atoms with Crippen molar-refractivity contribution in [2.45, 2.75) is 23.1 Å². The van der Waals surface area contributed by atoms with Gasteiger partial charge in [0.05, 0.1) is 17.3 Å². The minimum atomic E-state index is -0.937. The number of Topliss-reactive ketones (excluding diaryl/α,β-unsaturated/α-hetero) is 1. The fraction of sp³-hybridized carbons (Fsp3) is 0.107. The maximum absolute atomic E-state index is 13.6. The second-order valence-electron chi connectivity index (χ2n) is 9.07. The molecule has 206 valence electrons. The van der Waals surface area contributed by atoms with E-state index in [4.69, 9.17) is 23.2 Å². The van der Waals surface area contributed by atoms with Crippen LogP contribution in [0.3, 0.4) is 0 Å². The molecule has 1 aliphatic heterocycles. The van der Waals surface area contributed by atoms with E-state index in [1.807, 2.05) is 24.3 Å². The maximum Gasteiger partial charge on any atom is 0.301 e. The van der Waals surface area contributed by atoms with Gasteiger partial charge in [-0.05, 0) is 54.4 Å². The molecule has 0 aliphatic carbocycles. The van der Waals surface area contributed by atoms with Gasteiger partial charge in [-0.2, -0.15) is 0 Å². The number of rotatable bonds is 6. The molecule has 6 rings (SSSR count). The molecule has 1 fully saturated rings. The lowest BCUT2D eigenvalue weighted by Gasteiger charge is -2.22. The lowest BCUT2D eigenvalue weighted by molar-refractivity contribution is -0.132. The summed E-state index contributed by atoms with van der Waals surface area (Å²) < 4.78 is 3.10. The summed E-state index contributed by atoms with van der Waals surface area (Å²) in [5, 5.41) is 21.5. The molecule has 4 heterocycles. The van der Waals surface area contributed by atoms with Gasteiger partial charge in [0.25, 0.3) is 5.78 Å². The number of fused-ring (bicyclic) bond motifs is 1. The molecule has 0 bridgehead atoms. The summed E-state index contributed by atoms with van der Waals surface area (Å²) in [4.78, 5) is 32.9. The number of anilines is 1. The smallest absolute Gasteiger partial charge is 0.301 e. The van der Waals surface area contributed by atoms with E-state index in [1.54, 1.807) is 53.9 Å². The number of ketones is 1. The number of aromatic nitrogens is 4. The van der Waals surface area contributed by atoms with Crippen LogP contribution in [-0.2, 0) is 15.3 Å². The fourth-order valence-electron chi connectivity index (χ4n) is 4.65. The predicted molar refractivity (Wildman–Crippen MR) is 165 cm³/mol. The SMILES string of the molecule is Cc1nc2ccccn2c1/C(O)=C1\C(=O)C(=O)N(c2nnc(SCc3ccc(Cl)cc3Cl)s2)C1c1ccc(Br)cc1. The highest BCUT2D eigenvalue weighted by atomic mass is 79.9. The van der Waals surface area contributed by atoms with E-state index in [2.05, 4.69) is 31.1 Å². The van der Waals surface area contributed by atoms with E-state index in [0.29, 0.717) is 42.7 Å². The number of nitrogens with zero attached hydrogens (tertiary/aromatic N) is 5. The molecule has 1 saturated heterocycles. The Balaban J connectivity index is 1.42. The molecule has 3 aromatic heterocycles. The molecule has 2 aromatic carbocycles. The summed E-state index contributed by atoms with van der Waals surface area (Å²) in [5.74, 6) is -1.43. The van der Waals surface area contributed by atoms with Crippen LogP contribution in [0.15, 0.2) is 81.2 Å². The van der Waals surface area contributed by atoms with Crippen LogP contribution in [0.5, 0.6) is 0 Å². The first kappa shape index (κ1) is 27.9. The summed E-state index contributed by atoms with van der Waals surface area (Å²) in [6, 6.07) is 17.0. The molecule has 8 nitrogen and oxygen atoms in total. The Hall–Kier alpha value is -3.22. The Morgan fingerprint density at radius 3 is 2.63 bits per heavy atom. The van der Waals surface area contributed by atoms with Crippen molar-refractivity contribution < 1.29 is 14.7 Å². The first-order chi connectivity index (χ1) is 19.7. The van der Waals surface area contributed by atoms with E-state index >= 15 is 0 Å². The molecule has 1 N–H and O–H groups in total. The third-order valence-corrected chi connectivity index (χ3v) is 9.75. The second kappa shape index (κ2) is 11.2. The van der Waals surface area contributed by atoms with Crippen molar-refractivity contribution in [2.24, 2.45) is 0 Å². The van der Waals surface area contributed by atoms with Crippen molar-refractivity contribution in [3.63, 3.8) is 0 Å². The van der Waals surface area contributed by atoms with Gasteiger partial charge in [0.2, 0.25) is 5.13 Å². The predicted octanol–water partition coefficient (Wildman–Crippen LogP) is 7.48. The molecular formula is C28H18BrCl2N5O3S2. The van der Waals surface area contributed by atoms with Crippen LogP contribution < -0.4 is 4.90 Å². The number of aliphatic hydroxyl groups excluding tert-OH is 1. The van der Waals surface area contributed by atoms with E-state index in [1.165, 1.54) is 28.0 Å². The Bertz CT molecular complexity index is 1870. The third kappa shape index (κ3) is 5.17. The average molecular weight is 687 g/mol. The van der Waals surface area contributed by atoms with Gasteiger partial charge in [0.1, 0.15) is 11.3 Å². The number of aryl methyl sites for hydroxylation is 1. The van der Waals surface area contributed by atoms with Gasteiger partial charge in [-0.15, -0.1) is 10.2 Å². The van der Waals surface area contributed by atoms with Gasteiger partial charge in [-0.25, -0.2) is 4.98 Å². The highest BCUT2D eigenvalue weighted by Gasteiger charge is 2.48. The standard InChI is InChI=1S/C28H18BrCl2N5O3S2/c1-14-22(35-11-3-2-4-20(35)32-14)24(37)21-23(15-5-8-17(29)9-6-15)36(26(39)25(21)38)27-33-34-28(41-27)40-13-16-7-10-18(30)12-19(16)31/h2-12,23,37H,13H2,1H3/b24-21+. The van der Waals surface area contributed by atoms with Crippen molar-refractivity contribution in [2.75, 3.05) is 4.90 Å². The molecule has 1 aliphatic rings. The van der Waals surface area contributed by atoms with Gasteiger partial charge >= 0.3 is 5.91 Å². The summed E-state index contributed by atoms with van der Waals surface area (Å²) in [6.45, 7) is 1.74. The largest absolute Gasteiger partial charge is 0.505 e. The monoisotopic (exact) mass is 685 g/mol. The number of aliphatic hydroxyl groups is 1. The molecule has 5 aromatic rings. The molecule has 0 radical (unpaired) electrons. The molecule has 0 saturated carbocycles. The lowest BCUT2D eigenvalue weighted by atomic mass is 9.96. The number of imidazole rings is 1. The van der Waals surface area contributed by atoms with Gasteiger partial charge in [0.15, 0.2) is 10.1 Å². The van der Waals surface area contributed by atoms with Crippen LogP contribution in [0.4, 0.5) is 5.13 Å². The Labute approximate surface area is 260 Å². The lowest BCUT2D eigenvalue weighted by Crippen LogP contribution is -2.29. The van der Waals surface area contributed by atoms with E-state index < -0.39 is 17.7 Å². The molecule has 1 unspecified atom stereocenters. The Morgan fingerprint density at radius 2 is 1.88 bits per heavy atom. The Kier molecular flexibility index (Phi) is 7.64. The topological polar surface area (TPSA) is 101 Å². The van der Waals surface area contributed by atoms with Crippen LogP contribution in [0.2, 0.25) is 10.0 Å². The van der Waals surface area contributed by atoms with Crippen molar-refractivity contribution in [3.05, 3.63) is 109 Å². The van der Waals surface area contributed by atoms with Crippen LogP contribution in [0.25, 0.3) is 11.4 Å². The van der Waals surface area contributed by atoms with Gasteiger partial charge in [-0.1, -0.05) is 86.5 Å².